The van der Waals surface area contributed by atoms with E-state index in [0.29, 0.717) is 17.7 Å². The van der Waals surface area contributed by atoms with Crippen molar-refractivity contribution in [3.05, 3.63) is 33.4 Å². The number of aromatic amines is 1. The first-order valence-electron chi connectivity index (χ1n) is 9.22. The van der Waals surface area contributed by atoms with Crippen LogP contribution in [0.4, 0.5) is 5.82 Å². The van der Waals surface area contributed by atoms with Crippen LogP contribution in [0.1, 0.15) is 61.4 Å². The van der Waals surface area contributed by atoms with E-state index in [4.69, 9.17) is 0 Å². The van der Waals surface area contributed by atoms with Gasteiger partial charge >= 0.3 is 0 Å². The third-order valence-electron chi connectivity index (χ3n) is 5.30. The van der Waals surface area contributed by atoms with Gasteiger partial charge in [-0.3, -0.25) is 14.6 Å². The van der Waals surface area contributed by atoms with E-state index in [1.165, 1.54) is 0 Å². The first-order chi connectivity index (χ1) is 12.2. The van der Waals surface area contributed by atoms with Crippen LogP contribution in [0.3, 0.4) is 0 Å². The highest BCUT2D eigenvalue weighted by molar-refractivity contribution is 5.93. The molecule has 0 bridgehead atoms. The zero-order valence-corrected chi connectivity index (χ0v) is 14.0. The van der Waals surface area contributed by atoms with Crippen LogP contribution in [-0.2, 0) is 17.6 Å². The number of nitrogens with one attached hydrogen (secondary N) is 2. The smallest absolute Gasteiger partial charge is 0.255 e. The number of hydrogen-bond acceptors (Lipinski definition) is 4. The molecule has 0 unspecified atom stereocenters. The van der Waals surface area contributed by atoms with Crippen molar-refractivity contribution in [3.8, 4) is 5.95 Å². The van der Waals surface area contributed by atoms with E-state index < -0.39 is 0 Å². The van der Waals surface area contributed by atoms with E-state index in [0.717, 1.165) is 68.3 Å². The van der Waals surface area contributed by atoms with Gasteiger partial charge < -0.3 is 5.32 Å². The van der Waals surface area contributed by atoms with Crippen LogP contribution in [0.5, 0.6) is 0 Å². The van der Waals surface area contributed by atoms with Crippen LogP contribution < -0.4 is 10.9 Å². The lowest BCUT2D eigenvalue weighted by Gasteiger charge is -2.15. The number of fused-ring (bicyclic) bond motifs is 1. The molecule has 0 radical (unpaired) electrons. The Balaban J connectivity index is 1.56. The summed E-state index contributed by atoms with van der Waals surface area (Å²) in [5.41, 5.74) is 2.55. The van der Waals surface area contributed by atoms with E-state index in [-0.39, 0.29) is 17.4 Å². The molecule has 2 N–H and O–H groups in total. The summed E-state index contributed by atoms with van der Waals surface area (Å²) in [4.78, 5) is 32.2. The lowest BCUT2D eigenvalue weighted by Crippen LogP contribution is -2.25. The van der Waals surface area contributed by atoms with E-state index in [1.54, 1.807) is 4.68 Å². The van der Waals surface area contributed by atoms with Gasteiger partial charge in [0.05, 0.1) is 11.4 Å². The van der Waals surface area contributed by atoms with Crippen molar-refractivity contribution in [2.75, 3.05) is 5.32 Å². The number of rotatable bonds is 4. The quantitative estimate of drug-likeness (QED) is 0.892. The molecule has 25 heavy (non-hydrogen) atoms. The molecule has 2 fully saturated rings. The third-order valence-corrected chi connectivity index (χ3v) is 5.30. The van der Waals surface area contributed by atoms with E-state index >= 15 is 0 Å². The lowest BCUT2D eigenvalue weighted by molar-refractivity contribution is -0.117. The number of aromatic nitrogens is 4. The zero-order chi connectivity index (χ0) is 17.0. The van der Waals surface area contributed by atoms with Crippen LogP contribution in [0, 0.1) is 5.92 Å². The van der Waals surface area contributed by atoms with Crippen molar-refractivity contribution in [1.82, 2.24) is 19.7 Å². The Morgan fingerprint density at radius 3 is 2.76 bits per heavy atom. The van der Waals surface area contributed by atoms with Gasteiger partial charge in [0, 0.05) is 23.5 Å². The van der Waals surface area contributed by atoms with E-state index in [1.807, 2.05) is 6.07 Å². The molecule has 7 nitrogen and oxygen atoms in total. The number of nitrogens with zero attached hydrogens (tertiary/aromatic N) is 3. The Hall–Kier alpha value is -2.44. The molecule has 0 aromatic carbocycles. The fourth-order valence-electron chi connectivity index (χ4n) is 3.49. The topological polar surface area (TPSA) is 92.7 Å². The second kappa shape index (κ2) is 5.54. The highest BCUT2D eigenvalue weighted by atomic mass is 16.2. The Bertz CT molecular complexity index is 905. The van der Waals surface area contributed by atoms with Gasteiger partial charge in [0.2, 0.25) is 11.9 Å². The molecule has 5 rings (SSSR count). The van der Waals surface area contributed by atoms with Crippen molar-refractivity contribution in [3.63, 3.8) is 0 Å². The molecule has 7 heteroatoms. The number of anilines is 1. The molecule has 3 aliphatic rings. The standard InChI is InChI=1S/C18H21N5O2/c24-16(11-7-8-11)20-15-9-14(10-5-6-10)22-23(15)18-19-13-4-2-1-3-12(13)17(25)21-18/h9-11H,1-8H2,(H,20,24)(H,19,21,25). The van der Waals surface area contributed by atoms with Gasteiger partial charge in [0.25, 0.3) is 5.56 Å². The summed E-state index contributed by atoms with van der Waals surface area (Å²) in [6.07, 6.45) is 7.85. The predicted octanol–water partition coefficient (Wildman–Crippen LogP) is 2.06. The van der Waals surface area contributed by atoms with Gasteiger partial charge in [0.15, 0.2) is 0 Å². The first kappa shape index (κ1) is 14.9. The molecule has 2 aromatic heterocycles. The second-order valence-electron chi connectivity index (χ2n) is 7.43. The van der Waals surface area contributed by atoms with Gasteiger partial charge in [-0.2, -0.15) is 9.78 Å². The first-order valence-corrected chi connectivity index (χ1v) is 9.22. The van der Waals surface area contributed by atoms with Crippen molar-refractivity contribution in [2.24, 2.45) is 5.92 Å². The molecule has 2 aromatic rings. The normalized spacial score (nSPS) is 19.5. The molecule has 0 spiro atoms. The zero-order valence-electron chi connectivity index (χ0n) is 14.0. The lowest BCUT2D eigenvalue weighted by atomic mass is 9.97. The molecule has 3 aliphatic carbocycles. The minimum absolute atomic E-state index is 0.0313. The minimum atomic E-state index is -0.0809. The molecule has 0 saturated heterocycles. The summed E-state index contributed by atoms with van der Waals surface area (Å²) in [7, 11) is 0. The Kier molecular flexibility index (Phi) is 3.29. The summed E-state index contributed by atoms with van der Waals surface area (Å²) in [5, 5.41) is 7.61. The molecule has 2 saturated carbocycles. The largest absolute Gasteiger partial charge is 0.310 e. The minimum Gasteiger partial charge on any atom is -0.310 e. The van der Waals surface area contributed by atoms with Gasteiger partial charge in [-0.05, 0) is 51.4 Å². The fraction of sp³-hybridized carbons (Fsp3) is 0.556. The summed E-state index contributed by atoms with van der Waals surface area (Å²) >= 11 is 0. The summed E-state index contributed by atoms with van der Waals surface area (Å²) in [6, 6.07) is 1.93. The average Bonchev–Trinajstić information content (AvgIpc) is 3.52. The van der Waals surface area contributed by atoms with Crippen molar-refractivity contribution in [2.45, 2.75) is 57.3 Å². The van der Waals surface area contributed by atoms with E-state index in [2.05, 4.69) is 20.4 Å². The molecule has 1 amide bonds. The monoisotopic (exact) mass is 339 g/mol. The number of hydrogen-bond donors (Lipinski definition) is 2. The van der Waals surface area contributed by atoms with Gasteiger partial charge in [0.1, 0.15) is 5.82 Å². The molecule has 0 atom stereocenters. The summed E-state index contributed by atoms with van der Waals surface area (Å²) in [6.45, 7) is 0. The predicted molar refractivity (Wildman–Crippen MR) is 92.0 cm³/mol. The maximum Gasteiger partial charge on any atom is 0.255 e. The van der Waals surface area contributed by atoms with Gasteiger partial charge in [-0.25, -0.2) is 4.98 Å². The number of carbonyl (C=O) groups is 1. The third kappa shape index (κ3) is 2.77. The maximum atomic E-state index is 12.4. The maximum absolute atomic E-state index is 12.4. The van der Waals surface area contributed by atoms with Crippen LogP contribution in [-0.4, -0.2) is 25.7 Å². The highest BCUT2D eigenvalue weighted by Crippen LogP contribution is 2.40. The molecular formula is C18H21N5O2. The van der Waals surface area contributed by atoms with Crippen LogP contribution in [0.15, 0.2) is 10.9 Å². The highest BCUT2D eigenvalue weighted by Gasteiger charge is 2.32. The van der Waals surface area contributed by atoms with Crippen molar-refractivity contribution in [1.29, 1.82) is 0 Å². The summed E-state index contributed by atoms with van der Waals surface area (Å²) < 4.78 is 1.60. The Morgan fingerprint density at radius 1 is 1.20 bits per heavy atom. The number of aryl methyl sites for hydroxylation is 1. The molecule has 2 heterocycles. The average molecular weight is 339 g/mol. The van der Waals surface area contributed by atoms with Crippen LogP contribution >= 0.6 is 0 Å². The number of H-pyrrole nitrogens is 1. The fourth-order valence-corrected chi connectivity index (χ4v) is 3.49. The van der Waals surface area contributed by atoms with E-state index in [9.17, 15) is 9.59 Å². The van der Waals surface area contributed by atoms with Crippen molar-refractivity contribution >= 4 is 11.7 Å². The molecule has 130 valence electrons. The molecular weight excluding hydrogens is 318 g/mol. The molecule has 0 aliphatic heterocycles. The Labute approximate surface area is 144 Å². The summed E-state index contributed by atoms with van der Waals surface area (Å²) in [5.74, 6) is 1.62. The van der Waals surface area contributed by atoms with Crippen LogP contribution in [0.2, 0.25) is 0 Å². The number of carbonyl (C=O) groups excluding carboxylic acids is 1. The SMILES string of the molecule is O=C(Nc1cc(C2CC2)nn1-c1nc2c(c(=O)[nH]1)CCCC2)C1CC1. The Morgan fingerprint density at radius 2 is 2.00 bits per heavy atom. The van der Waals surface area contributed by atoms with Crippen molar-refractivity contribution < 1.29 is 4.79 Å². The van der Waals surface area contributed by atoms with Crippen LogP contribution in [0.25, 0.3) is 5.95 Å². The second-order valence-corrected chi connectivity index (χ2v) is 7.43. The van der Waals surface area contributed by atoms with Gasteiger partial charge in [-0.15, -0.1) is 0 Å². The number of amides is 1. The van der Waals surface area contributed by atoms with Gasteiger partial charge in [-0.1, -0.05) is 0 Å².